The average molecular weight is 377 g/mol. The number of methoxy groups -OCH3 is 1. The Morgan fingerprint density at radius 2 is 2.00 bits per heavy atom. The number of nitrogens with zero attached hydrogens (tertiary/aromatic N) is 1. The van der Waals surface area contributed by atoms with E-state index in [0.29, 0.717) is 23.3 Å². The average Bonchev–Trinajstić information content (AvgIpc) is 2.99. The lowest BCUT2D eigenvalue weighted by Crippen LogP contribution is -2.40. The van der Waals surface area contributed by atoms with Crippen LogP contribution in [0.5, 0.6) is 5.75 Å². The molecular formula is C19H20FNO4S. The molecule has 5 nitrogen and oxygen atoms in total. The number of ether oxygens (including phenoxy) is 1. The van der Waals surface area contributed by atoms with Gasteiger partial charge >= 0.3 is 0 Å². The van der Waals surface area contributed by atoms with Crippen LogP contribution in [0, 0.1) is 5.82 Å². The molecule has 0 unspecified atom stereocenters. The van der Waals surface area contributed by atoms with Crippen molar-refractivity contribution in [3.63, 3.8) is 0 Å². The molecule has 0 aromatic heterocycles. The Morgan fingerprint density at radius 3 is 2.65 bits per heavy atom. The number of carbonyl (C=O) groups excluding carboxylic acids is 1. The second kappa shape index (κ2) is 7.45. The van der Waals surface area contributed by atoms with Crippen LogP contribution in [0.15, 0.2) is 48.5 Å². The summed E-state index contributed by atoms with van der Waals surface area (Å²) in [5.41, 5.74) is 1.02. The van der Waals surface area contributed by atoms with Crippen LogP contribution in [0.1, 0.15) is 22.3 Å². The van der Waals surface area contributed by atoms with E-state index in [2.05, 4.69) is 0 Å². The molecule has 1 atom stereocenters. The number of amides is 1. The van der Waals surface area contributed by atoms with E-state index in [4.69, 9.17) is 4.74 Å². The molecule has 26 heavy (non-hydrogen) atoms. The highest BCUT2D eigenvalue weighted by molar-refractivity contribution is 7.91. The van der Waals surface area contributed by atoms with Gasteiger partial charge in [0.1, 0.15) is 11.6 Å². The van der Waals surface area contributed by atoms with Crippen molar-refractivity contribution < 1.29 is 22.3 Å². The van der Waals surface area contributed by atoms with Crippen LogP contribution in [0.4, 0.5) is 4.39 Å². The van der Waals surface area contributed by atoms with E-state index < -0.39 is 21.7 Å². The number of benzene rings is 2. The minimum Gasteiger partial charge on any atom is -0.497 e. The molecule has 0 radical (unpaired) electrons. The van der Waals surface area contributed by atoms with Crippen LogP contribution in [0.25, 0.3) is 0 Å². The van der Waals surface area contributed by atoms with Crippen LogP contribution >= 0.6 is 0 Å². The summed E-state index contributed by atoms with van der Waals surface area (Å²) in [5, 5.41) is 0. The zero-order valence-electron chi connectivity index (χ0n) is 14.4. The van der Waals surface area contributed by atoms with Crippen LogP contribution in [-0.2, 0) is 16.4 Å². The third-order valence-corrected chi connectivity index (χ3v) is 6.22. The van der Waals surface area contributed by atoms with Gasteiger partial charge in [-0.1, -0.05) is 18.2 Å². The van der Waals surface area contributed by atoms with Gasteiger partial charge in [-0.05, 0) is 42.3 Å². The quantitative estimate of drug-likeness (QED) is 0.804. The molecular weight excluding hydrogens is 357 g/mol. The molecule has 1 aliphatic rings. The second-order valence-electron chi connectivity index (χ2n) is 6.35. The smallest absolute Gasteiger partial charge is 0.254 e. The van der Waals surface area contributed by atoms with Crippen molar-refractivity contribution in [2.75, 3.05) is 18.6 Å². The zero-order valence-corrected chi connectivity index (χ0v) is 15.2. The fraction of sp³-hybridized carbons (Fsp3) is 0.316. The van der Waals surface area contributed by atoms with E-state index >= 15 is 0 Å². The Hall–Kier alpha value is -2.41. The van der Waals surface area contributed by atoms with Crippen LogP contribution < -0.4 is 4.74 Å². The van der Waals surface area contributed by atoms with Crippen molar-refractivity contribution in [1.82, 2.24) is 4.90 Å². The molecule has 138 valence electrons. The first-order chi connectivity index (χ1) is 12.4. The summed E-state index contributed by atoms with van der Waals surface area (Å²) < 4.78 is 42.5. The summed E-state index contributed by atoms with van der Waals surface area (Å²) in [6.45, 7) is 0.147. The third kappa shape index (κ3) is 4.22. The highest BCUT2D eigenvalue weighted by Crippen LogP contribution is 2.24. The molecule has 0 bridgehead atoms. The molecule has 0 aliphatic carbocycles. The highest BCUT2D eigenvalue weighted by Gasteiger charge is 2.35. The molecule has 7 heteroatoms. The Kier molecular flexibility index (Phi) is 5.27. The van der Waals surface area contributed by atoms with Gasteiger partial charge in [0, 0.05) is 18.2 Å². The number of rotatable bonds is 5. The van der Waals surface area contributed by atoms with Gasteiger partial charge in [-0.25, -0.2) is 12.8 Å². The van der Waals surface area contributed by atoms with E-state index in [9.17, 15) is 17.6 Å². The van der Waals surface area contributed by atoms with E-state index in [-0.39, 0.29) is 24.0 Å². The Balaban J connectivity index is 1.92. The molecule has 0 spiro atoms. The van der Waals surface area contributed by atoms with Crippen molar-refractivity contribution in [1.29, 1.82) is 0 Å². The molecule has 1 fully saturated rings. The zero-order chi connectivity index (χ0) is 18.7. The van der Waals surface area contributed by atoms with Gasteiger partial charge in [0.05, 0.1) is 18.6 Å². The molecule has 2 aromatic carbocycles. The Morgan fingerprint density at radius 1 is 1.23 bits per heavy atom. The SMILES string of the molecule is COc1cccc(C(=O)N(Cc2cccc(F)c2)[C@H]2CCS(=O)(=O)C2)c1. The highest BCUT2D eigenvalue weighted by atomic mass is 32.2. The van der Waals surface area contributed by atoms with Crippen LogP contribution in [0.3, 0.4) is 0 Å². The first-order valence-electron chi connectivity index (χ1n) is 8.28. The summed E-state index contributed by atoms with van der Waals surface area (Å²) >= 11 is 0. The van der Waals surface area contributed by atoms with Gasteiger partial charge in [-0.2, -0.15) is 0 Å². The second-order valence-corrected chi connectivity index (χ2v) is 8.58. The molecule has 1 aliphatic heterocycles. The summed E-state index contributed by atoms with van der Waals surface area (Å²) in [7, 11) is -1.65. The van der Waals surface area contributed by atoms with E-state index in [0.717, 1.165) is 0 Å². The monoisotopic (exact) mass is 377 g/mol. The lowest BCUT2D eigenvalue weighted by Gasteiger charge is -2.28. The first-order valence-corrected chi connectivity index (χ1v) is 10.1. The fourth-order valence-corrected chi connectivity index (χ4v) is 4.87. The third-order valence-electron chi connectivity index (χ3n) is 4.47. The predicted molar refractivity (Wildman–Crippen MR) is 96.3 cm³/mol. The Labute approximate surface area is 152 Å². The van der Waals surface area contributed by atoms with Crippen molar-refractivity contribution in [3.05, 3.63) is 65.5 Å². The number of sulfone groups is 1. The maximum Gasteiger partial charge on any atom is 0.254 e. The van der Waals surface area contributed by atoms with Crippen molar-refractivity contribution in [2.45, 2.75) is 19.0 Å². The van der Waals surface area contributed by atoms with Gasteiger partial charge in [-0.15, -0.1) is 0 Å². The largest absolute Gasteiger partial charge is 0.497 e. The topological polar surface area (TPSA) is 63.7 Å². The summed E-state index contributed by atoms with van der Waals surface area (Å²) in [6.07, 6.45) is 0.382. The lowest BCUT2D eigenvalue weighted by molar-refractivity contribution is 0.0680. The molecule has 1 heterocycles. The maximum atomic E-state index is 13.5. The van der Waals surface area contributed by atoms with Crippen molar-refractivity contribution in [3.8, 4) is 5.75 Å². The summed E-state index contributed by atoms with van der Waals surface area (Å²) in [6, 6.07) is 12.3. The van der Waals surface area contributed by atoms with Crippen molar-refractivity contribution >= 4 is 15.7 Å². The fourth-order valence-electron chi connectivity index (χ4n) is 3.14. The van der Waals surface area contributed by atoms with Gasteiger partial charge in [0.15, 0.2) is 9.84 Å². The predicted octanol–water partition coefficient (Wildman–Crippen LogP) is 2.66. The summed E-state index contributed by atoms with van der Waals surface area (Å²) in [5.74, 6) is -0.160. The van der Waals surface area contributed by atoms with Gasteiger partial charge in [-0.3, -0.25) is 4.79 Å². The van der Waals surface area contributed by atoms with Crippen LogP contribution in [-0.4, -0.2) is 43.9 Å². The van der Waals surface area contributed by atoms with Gasteiger partial charge in [0.2, 0.25) is 0 Å². The summed E-state index contributed by atoms with van der Waals surface area (Å²) in [4.78, 5) is 14.6. The van der Waals surface area contributed by atoms with Crippen LogP contribution in [0.2, 0.25) is 0 Å². The van der Waals surface area contributed by atoms with E-state index in [1.54, 1.807) is 36.4 Å². The van der Waals surface area contributed by atoms with Gasteiger partial charge in [0.25, 0.3) is 5.91 Å². The van der Waals surface area contributed by atoms with E-state index in [1.165, 1.54) is 24.1 Å². The molecule has 3 rings (SSSR count). The van der Waals surface area contributed by atoms with Crippen molar-refractivity contribution in [2.24, 2.45) is 0 Å². The first kappa shape index (κ1) is 18.4. The minimum absolute atomic E-state index is 0.0582. The number of halogens is 1. The molecule has 1 saturated heterocycles. The maximum absolute atomic E-state index is 13.5. The number of carbonyl (C=O) groups is 1. The lowest BCUT2D eigenvalue weighted by atomic mass is 10.1. The molecule has 2 aromatic rings. The Bertz CT molecular complexity index is 913. The minimum atomic E-state index is -3.16. The van der Waals surface area contributed by atoms with E-state index in [1.807, 2.05) is 0 Å². The normalized spacial score (nSPS) is 18.5. The molecule has 0 saturated carbocycles. The molecule has 0 N–H and O–H groups in total. The molecule has 1 amide bonds. The number of hydrogen-bond donors (Lipinski definition) is 0. The number of hydrogen-bond acceptors (Lipinski definition) is 4. The van der Waals surface area contributed by atoms with Gasteiger partial charge < -0.3 is 9.64 Å². The standard InChI is InChI=1S/C19H20FNO4S/c1-25-18-7-3-5-15(11-18)19(22)21(17-8-9-26(23,24)13-17)12-14-4-2-6-16(20)10-14/h2-7,10-11,17H,8-9,12-13H2,1H3/t17-/m0/s1.